The van der Waals surface area contributed by atoms with E-state index in [1.807, 2.05) is 39.0 Å². The summed E-state index contributed by atoms with van der Waals surface area (Å²) in [6, 6.07) is 9.12. The Labute approximate surface area is 156 Å². The highest BCUT2D eigenvalue weighted by atomic mass is 32.2. The average Bonchev–Trinajstić information content (AvgIpc) is 2.54. The van der Waals surface area contributed by atoms with E-state index in [4.69, 9.17) is 4.74 Å². The number of nitrogens with zero attached hydrogens (tertiary/aromatic N) is 2. The average molecular weight is 384 g/mol. The van der Waals surface area contributed by atoms with Gasteiger partial charge in [0.2, 0.25) is 10.0 Å². The molecule has 2 rings (SSSR count). The normalized spacial score (nSPS) is 16.5. The zero-order chi connectivity index (χ0) is 19.2. The zero-order valence-corrected chi connectivity index (χ0v) is 16.6. The molecule has 1 aromatic carbocycles. The molecular formula is C18H29N3O4S. The van der Waals surface area contributed by atoms with Crippen molar-refractivity contribution in [2.24, 2.45) is 0 Å². The second-order valence-corrected chi connectivity index (χ2v) is 9.25. The number of benzene rings is 1. The summed E-state index contributed by atoms with van der Waals surface area (Å²) >= 11 is 0. The van der Waals surface area contributed by atoms with E-state index in [1.165, 1.54) is 0 Å². The summed E-state index contributed by atoms with van der Waals surface area (Å²) in [5.41, 5.74) is 0.275. The van der Waals surface area contributed by atoms with Crippen LogP contribution in [0.25, 0.3) is 0 Å². The third kappa shape index (κ3) is 7.31. The Morgan fingerprint density at radius 2 is 1.73 bits per heavy atom. The van der Waals surface area contributed by atoms with Crippen molar-refractivity contribution < 1.29 is 17.9 Å². The lowest BCUT2D eigenvalue weighted by Crippen LogP contribution is -2.51. The molecule has 8 heteroatoms. The molecule has 1 amide bonds. The highest BCUT2D eigenvalue weighted by Crippen LogP contribution is 2.11. The summed E-state index contributed by atoms with van der Waals surface area (Å²) < 4.78 is 32.3. The van der Waals surface area contributed by atoms with E-state index in [1.54, 1.807) is 17.0 Å². The fourth-order valence-electron chi connectivity index (χ4n) is 2.68. The molecule has 1 aromatic rings. The molecule has 0 aliphatic carbocycles. The van der Waals surface area contributed by atoms with Gasteiger partial charge in [0.05, 0.1) is 5.75 Å². The van der Waals surface area contributed by atoms with Crippen molar-refractivity contribution in [1.82, 2.24) is 14.5 Å². The van der Waals surface area contributed by atoms with Crippen LogP contribution in [0.5, 0.6) is 0 Å². The SMILES string of the molecule is CC(C)(C)OC(=O)N1CCN(CCNS(=O)(=O)Cc2ccccc2)CC1. The van der Waals surface area contributed by atoms with Gasteiger partial charge in [-0.05, 0) is 26.3 Å². The van der Waals surface area contributed by atoms with Crippen LogP contribution in [0.15, 0.2) is 30.3 Å². The van der Waals surface area contributed by atoms with Gasteiger partial charge in [-0.2, -0.15) is 0 Å². The number of rotatable bonds is 6. The predicted molar refractivity (Wildman–Crippen MR) is 101 cm³/mol. The highest BCUT2D eigenvalue weighted by Gasteiger charge is 2.25. The minimum atomic E-state index is -3.34. The van der Waals surface area contributed by atoms with Gasteiger partial charge in [0, 0.05) is 39.3 Å². The maximum Gasteiger partial charge on any atom is 0.410 e. The van der Waals surface area contributed by atoms with Crippen LogP contribution in [0, 0.1) is 0 Å². The molecule has 0 bridgehead atoms. The lowest BCUT2D eigenvalue weighted by Gasteiger charge is -2.35. The highest BCUT2D eigenvalue weighted by molar-refractivity contribution is 7.88. The molecule has 1 N–H and O–H groups in total. The number of hydrogen-bond acceptors (Lipinski definition) is 5. The van der Waals surface area contributed by atoms with Crippen LogP contribution in [-0.4, -0.2) is 69.2 Å². The lowest BCUT2D eigenvalue weighted by atomic mass is 10.2. The summed E-state index contributed by atoms with van der Waals surface area (Å²) in [6.07, 6.45) is -0.291. The van der Waals surface area contributed by atoms with Crippen LogP contribution in [0.3, 0.4) is 0 Å². The van der Waals surface area contributed by atoms with Crippen LogP contribution in [0.1, 0.15) is 26.3 Å². The topological polar surface area (TPSA) is 79.0 Å². The van der Waals surface area contributed by atoms with E-state index in [9.17, 15) is 13.2 Å². The molecule has 26 heavy (non-hydrogen) atoms. The number of hydrogen-bond donors (Lipinski definition) is 1. The van der Waals surface area contributed by atoms with Crippen molar-refractivity contribution in [2.45, 2.75) is 32.1 Å². The van der Waals surface area contributed by atoms with E-state index in [0.717, 1.165) is 5.56 Å². The number of carbonyl (C=O) groups is 1. The quantitative estimate of drug-likeness (QED) is 0.808. The second kappa shape index (κ2) is 8.83. The fourth-order valence-corrected chi connectivity index (χ4v) is 3.82. The maximum absolute atomic E-state index is 12.1. The van der Waals surface area contributed by atoms with Gasteiger partial charge >= 0.3 is 6.09 Å². The van der Waals surface area contributed by atoms with Crippen LogP contribution in [0.2, 0.25) is 0 Å². The predicted octanol–water partition coefficient (Wildman–Crippen LogP) is 1.66. The number of sulfonamides is 1. The zero-order valence-electron chi connectivity index (χ0n) is 15.8. The molecule has 0 saturated carbocycles. The maximum atomic E-state index is 12.1. The molecular weight excluding hydrogens is 354 g/mol. The number of ether oxygens (including phenoxy) is 1. The molecule has 7 nitrogen and oxygen atoms in total. The van der Waals surface area contributed by atoms with Crippen LogP contribution in [-0.2, 0) is 20.5 Å². The van der Waals surface area contributed by atoms with Crippen LogP contribution in [0.4, 0.5) is 4.79 Å². The van der Waals surface area contributed by atoms with Crippen molar-refractivity contribution in [2.75, 3.05) is 39.3 Å². The van der Waals surface area contributed by atoms with Crippen molar-refractivity contribution >= 4 is 16.1 Å². The number of amides is 1. The van der Waals surface area contributed by atoms with Gasteiger partial charge in [-0.1, -0.05) is 30.3 Å². The Hall–Kier alpha value is -1.64. The number of piperazine rings is 1. The summed E-state index contributed by atoms with van der Waals surface area (Å²) in [5.74, 6) is -0.0136. The molecule has 1 fully saturated rings. The Balaban J connectivity index is 1.69. The summed E-state index contributed by atoms with van der Waals surface area (Å²) in [4.78, 5) is 15.9. The van der Waals surface area contributed by atoms with Gasteiger partial charge in [-0.25, -0.2) is 17.9 Å². The van der Waals surface area contributed by atoms with Gasteiger partial charge in [0.25, 0.3) is 0 Å². The molecule has 0 radical (unpaired) electrons. The van der Waals surface area contributed by atoms with Crippen molar-refractivity contribution in [3.05, 3.63) is 35.9 Å². The van der Waals surface area contributed by atoms with Gasteiger partial charge in [-0.15, -0.1) is 0 Å². The summed E-state index contributed by atoms with van der Waals surface area (Å²) in [7, 11) is -3.34. The van der Waals surface area contributed by atoms with E-state index >= 15 is 0 Å². The Morgan fingerprint density at radius 3 is 2.31 bits per heavy atom. The standard InChI is InChI=1S/C18H29N3O4S/c1-18(2,3)25-17(22)21-13-11-20(12-14-21)10-9-19-26(23,24)15-16-7-5-4-6-8-16/h4-8,19H,9-15H2,1-3H3. The molecule has 146 valence electrons. The number of carbonyl (C=O) groups excluding carboxylic acids is 1. The molecule has 0 atom stereocenters. The van der Waals surface area contributed by atoms with E-state index < -0.39 is 15.6 Å². The third-order valence-electron chi connectivity index (χ3n) is 3.97. The first-order chi connectivity index (χ1) is 12.1. The molecule has 0 unspecified atom stereocenters. The van der Waals surface area contributed by atoms with E-state index in [2.05, 4.69) is 9.62 Å². The monoisotopic (exact) mass is 383 g/mol. The fraction of sp³-hybridized carbons (Fsp3) is 0.611. The first-order valence-electron chi connectivity index (χ1n) is 8.86. The van der Waals surface area contributed by atoms with Crippen molar-refractivity contribution in [1.29, 1.82) is 0 Å². The molecule has 1 heterocycles. The van der Waals surface area contributed by atoms with E-state index in [-0.39, 0.29) is 11.8 Å². The molecule has 0 spiro atoms. The lowest BCUT2D eigenvalue weighted by molar-refractivity contribution is 0.0147. The smallest absolute Gasteiger partial charge is 0.410 e. The van der Waals surface area contributed by atoms with Crippen molar-refractivity contribution in [3.63, 3.8) is 0 Å². The molecule has 1 saturated heterocycles. The Morgan fingerprint density at radius 1 is 1.12 bits per heavy atom. The van der Waals surface area contributed by atoms with E-state index in [0.29, 0.717) is 39.3 Å². The molecule has 1 aliphatic rings. The van der Waals surface area contributed by atoms with Gasteiger partial charge in [-0.3, -0.25) is 4.90 Å². The second-order valence-electron chi connectivity index (χ2n) is 7.45. The first-order valence-corrected chi connectivity index (χ1v) is 10.5. The minimum Gasteiger partial charge on any atom is -0.444 e. The van der Waals surface area contributed by atoms with Crippen LogP contribution >= 0.6 is 0 Å². The van der Waals surface area contributed by atoms with Gasteiger partial charge in [0.15, 0.2) is 0 Å². The van der Waals surface area contributed by atoms with Crippen molar-refractivity contribution in [3.8, 4) is 0 Å². The third-order valence-corrected chi connectivity index (χ3v) is 5.33. The first kappa shape index (κ1) is 20.7. The summed E-state index contributed by atoms with van der Waals surface area (Å²) in [5, 5.41) is 0. The van der Waals surface area contributed by atoms with Gasteiger partial charge < -0.3 is 9.64 Å². The van der Waals surface area contributed by atoms with Crippen LogP contribution < -0.4 is 4.72 Å². The summed E-state index contributed by atoms with van der Waals surface area (Å²) in [6.45, 7) is 9.13. The van der Waals surface area contributed by atoms with Gasteiger partial charge in [0.1, 0.15) is 5.60 Å². The Bertz CT molecular complexity index is 678. The Kier molecular flexibility index (Phi) is 7.02. The largest absolute Gasteiger partial charge is 0.444 e. The minimum absolute atomic E-state index is 0.0136. The molecule has 0 aromatic heterocycles. The number of nitrogens with one attached hydrogen (secondary N) is 1. The molecule has 1 aliphatic heterocycles.